The Bertz CT molecular complexity index is 1370. The van der Waals surface area contributed by atoms with Crippen LogP contribution in [0.4, 0.5) is 32.2 Å². The fourth-order valence-corrected chi connectivity index (χ4v) is 3.98. The number of allylic oxidation sites excluding steroid dienone is 1. The average Bonchev–Trinajstić information content (AvgIpc) is 3.55. The van der Waals surface area contributed by atoms with Gasteiger partial charge in [-0.1, -0.05) is 11.6 Å². The largest absolute Gasteiger partial charge is 0.429 e. The lowest BCUT2D eigenvalue weighted by atomic mass is 9.75. The molecule has 1 saturated carbocycles. The fourth-order valence-electron chi connectivity index (χ4n) is 3.79. The second kappa shape index (κ2) is 10.6. The quantitative estimate of drug-likeness (QED) is 0.179. The Hall–Kier alpha value is -3.80. The van der Waals surface area contributed by atoms with Crippen molar-refractivity contribution < 1.29 is 35.9 Å². The van der Waals surface area contributed by atoms with Gasteiger partial charge in [-0.3, -0.25) is 4.79 Å². The second-order valence-corrected chi connectivity index (χ2v) is 9.89. The number of hydrogen-bond donors (Lipinski definition) is 3. The van der Waals surface area contributed by atoms with Gasteiger partial charge in [-0.15, -0.1) is 0 Å². The minimum Gasteiger partial charge on any atom is -0.429 e. The van der Waals surface area contributed by atoms with Gasteiger partial charge in [-0.25, -0.2) is 27.2 Å². The Balaban J connectivity index is 2.06. The normalized spacial score (nSPS) is 15.4. The molecule has 0 aliphatic heterocycles. The number of aromatic nitrogens is 3. The van der Waals surface area contributed by atoms with E-state index in [4.69, 9.17) is 17.0 Å². The van der Waals surface area contributed by atoms with Gasteiger partial charge in [0.1, 0.15) is 21.8 Å². The molecule has 0 spiro atoms. The molecule has 1 amide bonds. The van der Waals surface area contributed by atoms with Crippen LogP contribution in [-0.4, -0.2) is 50.9 Å². The van der Waals surface area contributed by atoms with E-state index in [1.165, 1.54) is 12.3 Å². The number of nitrogens with one attached hydrogen (secondary N) is 3. The van der Waals surface area contributed by atoms with E-state index in [0.717, 1.165) is 24.1 Å². The van der Waals surface area contributed by atoms with E-state index < -0.39 is 52.6 Å². The number of carbonyl (C=O) groups is 1. The summed E-state index contributed by atoms with van der Waals surface area (Å²) in [5.74, 6) is -10.5. The number of alkyl halides is 6. The highest BCUT2D eigenvalue weighted by molar-refractivity contribution is 6.32. The van der Waals surface area contributed by atoms with Gasteiger partial charge in [-0.05, 0) is 25.8 Å². The third kappa shape index (κ3) is 5.72. The van der Waals surface area contributed by atoms with Gasteiger partial charge < -0.3 is 20.8 Å². The Morgan fingerprint density at radius 2 is 1.88 bits per heavy atom. The molecular formula is C24H24ClF6N7O2. The number of ether oxygens (including phenoxy) is 1. The van der Waals surface area contributed by atoms with Crippen molar-refractivity contribution in [2.45, 2.75) is 63.0 Å². The minimum atomic E-state index is -4.14. The van der Waals surface area contributed by atoms with E-state index in [2.05, 4.69) is 25.5 Å². The highest BCUT2D eigenvalue weighted by Crippen LogP contribution is 2.53. The highest BCUT2D eigenvalue weighted by Gasteiger charge is 2.64. The summed E-state index contributed by atoms with van der Waals surface area (Å²) in [6, 6.07) is 3.25. The zero-order valence-electron chi connectivity index (χ0n) is 21.6. The van der Waals surface area contributed by atoms with Crippen molar-refractivity contribution in [3.8, 4) is 11.8 Å². The summed E-state index contributed by atoms with van der Waals surface area (Å²) in [4.78, 5) is 16.6. The molecule has 2 aromatic heterocycles. The molecule has 9 nitrogen and oxygen atoms in total. The zero-order valence-corrected chi connectivity index (χ0v) is 22.3. The summed E-state index contributed by atoms with van der Waals surface area (Å²) in [5.41, 5.74) is -5.50. The molecule has 0 unspecified atom stereocenters. The number of carbonyl (C=O) groups excluding carboxylic acids is 1. The van der Waals surface area contributed by atoms with Crippen LogP contribution in [0.2, 0.25) is 5.15 Å². The Kier molecular flexibility index (Phi) is 8.18. The van der Waals surface area contributed by atoms with E-state index in [1.54, 1.807) is 0 Å². The van der Waals surface area contributed by atoms with Crippen LogP contribution in [0.15, 0.2) is 18.5 Å². The van der Waals surface area contributed by atoms with Crippen LogP contribution >= 0.6 is 11.6 Å². The molecule has 2 heterocycles. The lowest BCUT2D eigenvalue weighted by Crippen LogP contribution is -2.53. The third-order valence-corrected chi connectivity index (χ3v) is 7.00. The van der Waals surface area contributed by atoms with E-state index in [-0.39, 0.29) is 35.7 Å². The first-order chi connectivity index (χ1) is 18.4. The van der Waals surface area contributed by atoms with Gasteiger partial charge in [0.2, 0.25) is 0 Å². The van der Waals surface area contributed by atoms with Gasteiger partial charge in [0.25, 0.3) is 17.8 Å². The maximum Gasteiger partial charge on any atom is 0.387 e. The maximum absolute atomic E-state index is 14.6. The predicted octanol–water partition coefficient (Wildman–Crippen LogP) is 5.53. The first-order valence-electron chi connectivity index (χ1n) is 11.6. The molecule has 40 heavy (non-hydrogen) atoms. The van der Waals surface area contributed by atoms with Crippen molar-refractivity contribution in [2.24, 2.45) is 7.05 Å². The number of amides is 1. The molecule has 3 N–H and O–H groups in total. The average molecular weight is 592 g/mol. The first-order valence-corrected chi connectivity index (χ1v) is 11.9. The molecule has 216 valence electrons. The lowest BCUT2D eigenvalue weighted by Gasteiger charge is -2.38. The Morgan fingerprint density at radius 3 is 2.35 bits per heavy atom. The molecule has 0 saturated heterocycles. The number of anilines is 1. The summed E-state index contributed by atoms with van der Waals surface area (Å²) in [6.07, 6.45) is 3.93. The van der Waals surface area contributed by atoms with E-state index in [9.17, 15) is 36.4 Å². The van der Waals surface area contributed by atoms with Gasteiger partial charge in [0, 0.05) is 50.6 Å². The SMILES string of the molecule is Cn1nc(C(C)(C(C)(F)F)C(C)(F)F)c(OC(F)F)c1N/C=C(\C=N)c1cnc(Cl)c(C(=O)NC2(C#N)CC2)c1. The van der Waals surface area contributed by atoms with Crippen LogP contribution in [-0.2, 0) is 12.5 Å². The summed E-state index contributed by atoms with van der Waals surface area (Å²) >= 11 is 6.04. The molecule has 0 radical (unpaired) electrons. The third-order valence-electron chi connectivity index (χ3n) is 6.69. The number of rotatable bonds is 11. The van der Waals surface area contributed by atoms with Gasteiger partial charge in [0.05, 0.1) is 11.6 Å². The summed E-state index contributed by atoms with van der Waals surface area (Å²) in [5, 5.41) is 25.5. The van der Waals surface area contributed by atoms with E-state index in [1.807, 2.05) is 6.07 Å². The van der Waals surface area contributed by atoms with E-state index in [0.29, 0.717) is 19.8 Å². The molecule has 0 bridgehead atoms. The van der Waals surface area contributed by atoms with E-state index >= 15 is 0 Å². The summed E-state index contributed by atoms with van der Waals surface area (Å²) in [6.45, 7) is -2.66. The van der Waals surface area contributed by atoms with Crippen LogP contribution in [0.5, 0.6) is 5.75 Å². The Morgan fingerprint density at radius 1 is 1.27 bits per heavy atom. The molecule has 1 aliphatic rings. The number of aryl methyl sites for hydroxylation is 1. The first kappa shape index (κ1) is 30.7. The summed E-state index contributed by atoms with van der Waals surface area (Å²) < 4.78 is 90.0. The van der Waals surface area contributed by atoms with Crippen LogP contribution < -0.4 is 15.4 Å². The number of halogens is 7. The molecule has 3 rings (SSSR count). The molecule has 16 heteroatoms. The molecule has 0 atom stereocenters. The molecule has 2 aromatic rings. The Labute approximate surface area is 229 Å². The molecule has 1 fully saturated rings. The van der Waals surface area contributed by atoms with Crippen LogP contribution in [0.1, 0.15) is 55.2 Å². The van der Waals surface area contributed by atoms with Gasteiger partial charge >= 0.3 is 6.61 Å². The number of nitriles is 1. The monoisotopic (exact) mass is 591 g/mol. The van der Waals surface area contributed by atoms with Crippen LogP contribution in [0.25, 0.3) is 5.57 Å². The topological polar surface area (TPSA) is 129 Å². The second-order valence-electron chi connectivity index (χ2n) is 9.53. The van der Waals surface area contributed by atoms with Crippen LogP contribution in [0.3, 0.4) is 0 Å². The van der Waals surface area contributed by atoms with Gasteiger partial charge in [0.15, 0.2) is 11.6 Å². The van der Waals surface area contributed by atoms with Gasteiger partial charge in [-0.2, -0.15) is 19.1 Å². The number of nitrogens with zero attached hydrogens (tertiary/aromatic N) is 4. The molecule has 1 aliphatic carbocycles. The predicted molar refractivity (Wildman–Crippen MR) is 133 cm³/mol. The highest BCUT2D eigenvalue weighted by atomic mass is 35.5. The lowest BCUT2D eigenvalue weighted by molar-refractivity contribution is -0.173. The molecule has 0 aromatic carbocycles. The number of hydrogen-bond acceptors (Lipinski definition) is 7. The standard InChI is InChI=1S/C24H24ClF6N7O2/c1-21(22(2,28)29,23(3,30)31)16-15(40-20(26)27)18(38(4)37-16)35-10-13(8-32)12-7-14(17(25)34-9-12)19(39)36-24(11-33)5-6-24/h7-10,20,32,35H,5-6H2,1-4H3,(H,36,39)/b13-10+,32-8?. The zero-order chi connectivity index (χ0) is 30.3. The smallest absolute Gasteiger partial charge is 0.387 e. The van der Waals surface area contributed by atoms with Crippen molar-refractivity contribution in [3.05, 3.63) is 40.4 Å². The fraction of sp³-hybridized carbons (Fsp3) is 0.458. The maximum atomic E-state index is 14.6. The van der Waals surface area contributed by atoms with Crippen molar-refractivity contribution in [3.63, 3.8) is 0 Å². The van der Waals surface area contributed by atoms with Crippen molar-refractivity contribution in [2.75, 3.05) is 5.32 Å². The van der Waals surface area contributed by atoms with Crippen molar-refractivity contribution >= 4 is 35.1 Å². The molecular weight excluding hydrogens is 568 g/mol. The summed E-state index contributed by atoms with van der Waals surface area (Å²) in [7, 11) is 1.12. The minimum absolute atomic E-state index is 0.0187. The van der Waals surface area contributed by atoms with Crippen molar-refractivity contribution in [1.82, 2.24) is 20.1 Å². The van der Waals surface area contributed by atoms with Crippen molar-refractivity contribution in [1.29, 1.82) is 10.7 Å². The number of pyridine rings is 1. The van der Waals surface area contributed by atoms with Crippen LogP contribution in [0, 0.1) is 16.7 Å².